The van der Waals surface area contributed by atoms with Crippen molar-refractivity contribution < 1.29 is 14.6 Å². The number of hydrogen-bond donors (Lipinski definition) is 2. The molecule has 0 aliphatic rings. The lowest BCUT2D eigenvalue weighted by molar-refractivity contribution is -0.123. The van der Waals surface area contributed by atoms with Gasteiger partial charge in [0.1, 0.15) is 5.75 Å². The number of rotatable bonds is 7. The molecule has 1 aromatic heterocycles. The molecule has 2 N–H and O–H groups in total. The molecule has 0 spiro atoms. The first kappa shape index (κ1) is 16.5. The maximum Gasteiger partial charge on any atom is 0.257 e. The van der Waals surface area contributed by atoms with Crippen LogP contribution in [-0.4, -0.2) is 24.2 Å². The average molecular weight is 341 g/mol. The number of carbonyl (C=O) groups is 1. The van der Waals surface area contributed by atoms with Gasteiger partial charge in [-0.2, -0.15) is 0 Å². The van der Waals surface area contributed by atoms with Gasteiger partial charge in [-0.05, 0) is 40.8 Å². The fraction of sp³-hybridized carbons (Fsp3) is 0.211. The van der Waals surface area contributed by atoms with E-state index < -0.39 is 6.10 Å². The van der Waals surface area contributed by atoms with Crippen molar-refractivity contribution in [3.8, 4) is 5.75 Å². The molecule has 3 rings (SSSR count). The van der Waals surface area contributed by atoms with E-state index in [1.54, 1.807) is 0 Å². The standard InChI is InChI=1S/C19H19NO3S/c21-17(18-6-3-11-24-18)9-10-20-19(22)13-23-16-8-7-14-4-1-2-5-15(14)12-16/h1-8,11-12,17,21H,9-10,13H2,(H,20,22). The zero-order chi connectivity index (χ0) is 16.8. The van der Waals surface area contributed by atoms with Crippen LogP contribution in [0.3, 0.4) is 0 Å². The highest BCUT2D eigenvalue weighted by atomic mass is 32.1. The van der Waals surface area contributed by atoms with Crippen molar-refractivity contribution in [2.24, 2.45) is 0 Å². The quantitative estimate of drug-likeness (QED) is 0.691. The summed E-state index contributed by atoms with van der Waals surface area (Å²) >= 11 is 1.51. The Morgan fingerprint density at radius 2 is 1.96 bits per heavy atom. The molecule has 1 heterocycles. The molecule has 4 nitrogen and oxygen atoms in total. The monoisotopic (exact) mass is 341 g/mol. The number of benzene rings is 2. The van der Waals surface area contributed by atoms with Crippen molar-refractivity contribution in [2.45, 2.75) is 12.5 Å². The van der Waals surface area contributed by atoms with E-state index >= 15 is 0 Å². The number of hydrogen-bond acceptors (Lipinski definition) is 4. The highest BCUT2D eigenvalue weighted by Gasteiger charge is 2.09. The Bertz CT molecular complexity index is 801. The van der Waals surface area contributed by atoms with Crippen molar-refractivity contribution >= 4 is 28.0 Å². The lowest BCUT2D eigenvalue weighted by Crippen LogP contribution is -2.30. The number of carbonyl (C=O) groups excluding carboxylic acids is 1. The van der Waals surface area contributed by atoms with Crippen LogP contribution in [0.5, 0.6) is 5.75 Å². The number of ether oxygens (including phenoxy) is 1. The predicted molar refractivity (Wildman–Crippen MR) is 96.3 cm³/mol. The Hall–Kier alpha value is -2.37. The molecule has 0 fully saturated rings. The minimum atomic E-state index is -0.535. The molecule has 0 aliphatic heterocycles. The summed E-state index contributed by atoms with van der Waals surface area (Å²) in [7, 11) is 0. The second-order valence-corrected chi connectivity index (χ2v) is 6.45. The normalized spacial score (nSPS) is 12.0. The Morgan fingerprint density at radius 1 is 1.12 bits per heavy atom. The summed E-state index contributed by atoms with van der Waals surface area (Å²) in [6, 6.07) is 17.5. The van der Waals surface area contributed by atoms with Gasteiger partial charge >= 0.3 is 0 Å². The third kappa shape index (κ3) is 4.34. The molecular weight excluding hydrogens is 322 g/mol. The van der Waals surface area contributed by atoms with Crippen molar-refractivity contribution in [1.29, 1.82) is 0 Å². The largest absolute Gasteiger partial charge is 0.484 e. The lowest BCUT2D eigenvalue weighted by Gasteiger charge is -2.10. The van der Waals surface area contributed by atoms with E-state index in [9.17, 15) is 9.90 Å². The number of amides is 1. The summed E-state index contributed by atoms with van der Waals surface area (Å²) in [4.78, 5) is 12.7. The molecule has 24 heavy (non-hydrogen) atoms. The van der Waals surface area contributed by atoms with Crippen LogP contribution in [0.15, 0.2) is 60.0 Å². The highest BCUT2D eigenvalue weighted by Crippen LogP contribution is 2.21. The van der Waals surface area contributed by atoms with Gasteiger partial charge in [0, 0.05) is 11.4 Å². The van der Waals surface area contributed by atoms with Crippen molar-refractivity contribution in [3.63, 3.8) is 0 Å². The van der Waals surface area contributed by atoms with Gasteiger partial charge in [0.25, 0.3) is 5.91 Å². The second kappa shape index (κ2) is 7.95. The molecular formula is C19H19NO3S. The van der Waals surface area contributed by atoms with Gasteiger partial charge < -0.3 is 15.2 Å². The van der Waals surface area contributed by atoms with Gasteiger partial charge in [-0.25, -0.2) is 0 Å². The number of fused-ring (bicyclic) bond motifs is 1. The Kier molecular flexibility index (Phi) is 5.46. The van der Waals surface area contributed by atoms with E-state index in [2.05, 4.69) is 5.32 Å². The van der Waals surface area contributed by atoms with Crippen molar-refractivity contribution in [3.05, 3.63) is 64.9 Å². The van der Waals surface area contributed by atoms with Crippen LogP contribution in [0, 0.1) is 0 Å². The minimum Gasteiger partial charge on any atom is -0.484 e. The maximum atomic E-state index is 11.8. The molecule has 1 atom stereocenters. The molecule has 0 aliphatic carbocycles. The SMILES string of the molecule is O=C(COc1ccc2ccccc2c1)NCCC(O)c1cccs1. The van der Waals surface area contributed by atoms with E-state index in [1.807, 2.05) is 60.0 Å². The molecule has 0 bridgehead atoms. The molecule has 124 valence electrons. The van der Waals surface area contributed by atoms with Gasteiger partial charge in [0.05, 0.1) is 6.10 Å². The first-order chi connectivity index (χ1) is 11.7. The Balaban J connectivity index is 1.43. The fourth-order valence-corrected chi connectivity index (χ4v) is 3.17. The molecule has 5 heteroatoms. The number of aliphatic hydroxyl groups is 1. The predicted octanol–water partition coefficient (Wildman–Crippen LogP) is 3.52. The van der Waals surface area contributed by atoms with E-state index in [0.717, 1.165) is 15.6 Å². The third-order valence-electron chi connectivity index (χ3n) is 3.70. The Morgan fingerprint density at radius 3 is 2.75 bits per heavy atom. The summed E-state index contributed by atoms with van der Waals surface area (Å²) in [6.45, 7) is 0.381. The summed E-state index contributed by atoms with van der Waals surface area (Å²) < 4.78 is 5.53. The smallest absolute Gasteiger partial charge is 0.257 e. The maximum absolute atomic E-state index is 11.8. The summed E-state index contributed by atoms with van der Waals surface area (Å²) in [5.41, 5.74) is 0. The van der Waals surface area contributed by atoms with Gasteiger partial charge in [-0.3, -0.25) is 4.79 Å². The van der Waals surface area contributed by atoms with E-state index in [1.165, 1.54) is 11.3 Å². The zero-order valence-electron chi connectivity index (χ0n) is 13.1. The average Bonchev–Trinajstić information content (AvgIpc) is 3.14. The molecule has 1 unspecified atom stereocenters. The van der Waals surface area contributed by atoms with Crippen LogP contribution >= 0.6 is 11.3 Å². The van der Waals surface area contributed by atoms with Crippen LogP contribution < -0.4 is 10.1 Å². The number of thiophene rings is 1. The zero-order valence-corrected chi connectivity index (χ0v) is 14.0. The summed E-state index contributed by atoms with van der Waals surface area (Å²) in [5, 5.41) is 16.9. The second-order valence-electron chi connectivity index (χ2n) is 5.47. The van der Waals surface area contributed by atoms with Gasteiger partial charge in [-0.1, -0.05) is 36.4 Å². The van der Waals surface area contributed by atoms with Crippen LogP contribution in [0.25, 0.3) is 10.8 Å². The Labute approximate surface area is 144 Å². The molecule has 1 amide bonds. The first-order valence-corrected chi connectivity index (χ1v) is 8.70. The van der Waals surface area contributed by atoms with Crippen molar-refractivity contribution in [2.75, 3.05) is 13.2 Å². The number of aliphatic hydroxyl groups excluding tert-OH is 1. The molecule has 0 saturated carbocycles. The van der Waals surface area contributed by atoms with Crippen LogP contribution in [-0.2, 0) is 4.79 Å². The first-order valence-electron chi connectivity index (χ1n) is 7.82. The molecule has 2 aromatic carbocycles. The lowest BCUT2D eigenvalue weighted by atomic mass is 10.1. The van der Waals surface area contributed by atoms with Gasteiger partial charge in [-0.15, -0.1) is 11.3 Å². The van der Waals surface area contributed by atoms with Crippen LogP contribution in [0.2, 0.25) is 0 Å². The molecule has 3 aromatic rings. The van der Waals surface area contributed by atoms with E-state index in [4.69, 9.17) is 4.74 Å². The van der Waals surface area contributed by atoms with Gasteiger partial charge in [0.2, 0.25) is 0 Å². The fourth-order valence-electron chi connectivity index (χ4n) is 2.43. The van der Waals surface area contributed by atoms with Crippen LogP contribution in [0.4, 0.5) is 0 Å². The van der Waals surface area contributed by atoms with Gasteiger partial charge in [0.15, 0.2) is 6.61 Å². The molecule has 0 radical (unpaired) electrons. The summed E-state index contributed by atoms with van der Waals surface area (Å²) in [6.07, 6.45) is -0.0471. The summed E-state index contributed by atoms with van der Waals surface area (Å²) in [5.74, 6) is 0.476. The molecule has 0 saturated heterocycles. The third-order valence-corrected chi connectivity index (χ3v) is 4.68. The minimum absolute atomic E-state index is 0.0343. The van der Waals surface area contributed by atoms with Crippen molar-refractivity contribution in [1.82, 2.24) is 5.32 Å². The highest BCUT2D eigenvalue weighted by molar-refractivity contribution is 7.10. The topological polar surface area (TPSA) is 58.6 Å². The van der Waals surface area contributed by atoms with Crippen LogP contribution in [0.1, 0.15) is 17.4 Å². The van der Waals surface area contributed by atoms with E-state index in [-0.39, 0.29) is 12.5 Å². The number of nitrogens with one attached hydrogen (secondary N) is 1. The van der Waals surface area contributed by atoms with E-state index in [0.29, 0.717) is 18.7 Å².